The Morgan fingerprint density at radius 1 is 1.38 bits per heavy atom. The number of fused-ring (bicyclic) bond motifs is 1. The molecule has 3 N–H and O–H groups in total. The average molecular weight is 241 g/mol. The fourth-order valence-electron chi connectivity index (χ4n) is 1.23. The third kappa shape index (κ3) is 1.48. The van der Waals surface area contributed by atoms with Crippen LogP contribution in [-0.4, -0.2) is 27.1 Å². The van der Waals surface area contributed by atoms with E-state index in [9.17, 15) is 0 Å². The predicted octanol–water partition coefficient (Wildman–Crippen LogP) is 0.00520. The largest absolute Gasteiger partial charge is 0.490 e. The first-order valence-corrected chi connectivity index (χ1v) is 4.48. The lowest BCUT2D eigenvalue weighted by atomic mass is 9.79. The first kappa shape index (κ1) is 8.74. The second-order valence-corrected chi connectivity index (χ2v) is 3.40. The maximum atomic E-state index is 9.02. The number of halogens is 1. The lowest BCUT2D eigenvalue weighted by Gasteiger charge is -1.98. The molecule has 4 nitrogen and oxygen atoms in total. The molecule has 0 radical (unpaired) electrons. The minimum atomic E-state index is -1.49. The number of aromatic nitrogens is 2. The standard InChI is InChI=1S/C7H6BBrN2O2/c9-7-10-5-3-1-2-4(8(12)13)6(5)11-7/h1-3,12-13H,(H,10,11). The summed E-state index contributed by atoms with van der Waals surface area (Å²) in [7, 11) is -1.49. The molecule has 13 heavy (non-hydrogen) atoms. The zero-order chi connectivity index (χ0) is 9.42. The number of hydrogen-bond donors (Lipinski definition) is 3. The van der Waals surface area contributed by atoms with Crippen LogP contribution in [-0.2, 0) is 0 Å². The number of aromatic amines is 1. The molecule has 0 aliphatic carbocycles. The zero-order valence-electron chi connectivity index (χ0n) is 6.53. The number of para-hydroxylation sites is 1. The fraction of sp³-hybridized carbons (Fsp3) is 0. The monoisotopic (exact) mass is 240 g/mol. The first-order valence-electron chi connectivity index (χ1n) is 3.69. The third-order valence-corrected chi connectivity index (χ3v) is 2.17. The summed E-state index contributed by atoms with van der Waals surface area (Å²) in [6.45, 7) is 0. The molecule has 1 aromatic heterocycles. The molecule has 0 bridgehead atoms. The second kappa shape index (κ2) is 3.14. The first-order chi connectivity index (χ1) is 6.18. The molecule has 0 aliphatic heterocycles. The van der Waals surface area contributed by atoms with Crippen LogP contribution in [0.25, 0.3) is 11.0 Å². The van der Waals surface area contributed by atoms with E-state index in [-0.39, 0.29) is 0 Å². The van der Waals surface area contributed by atoms with Gasteiger partial charge in [0.05, 0.1) is 11.0 Å². The van der Waals surface area contributed by atoms with Gasteiger partial charge in [0.15, 0.2) is 4.73 Å². The molecular weight excluding hydrogens is 235 g/mol. The lowest BCUT2D eigenvalue weighted by molar-refractivity contribution is 0.426. The summed E-state index contributed by atoms with van der Waals surface area (Å²) in [6, 6.07) is 5.18. The van der Waals surface area contributed by atoms with E-state index >= 15 is 0 Å². The molecule has 6 heteroatoms. The van der Waals surface area contributed by atoms with Crippen LogP contribution in [0.1, 0.15) is 0 Å². The summed E-state index contributed by atoms with van der Waals surface area (Å²) in [6.07, 6.45) is 0. The van der Waals surface area contributed by atoms with Crippen molar-refractivity contribution < 1.29 is 10.0 Å². The van der Waals surface area contributed by atoms with Crippen molar-refractivity contribution in [1.82, 2.24) is 9.97 Å². The molecule has 1 heterocycles. The van der Waals surface area contributed by atoms with Gasteiger partial charge in [0.1, 0.15) is 0 Å². The average Bonchev–Trinajstić information content (AvgIpc) is 2.43. The summed E-state index contributed by atoms with van der Waals surface area (Å²) in [4.78, 5) is 7.01. The third-order valence-electron chi connectivity index (χ3n) is 1.79. The summed E-state index contributed by atoms with van der Waals surface area (Å²) in [5, 5.41) is 18.0. The zero-order valence-corrected chi connectivity index (χ0v) is 8.12. The highest BCUT2D eigenvalue weighted by Crippen LogP contribution is 2.12. The summed E-state index contributed by atoms with van der Waals surface area (Å²) in [5.74, 6) is 0. The number of rotatable bonds is 1. The molecule has 2 rings (SSSR count). The minimum absolute atomic E-state index is 0.402. The van der Waals surface area contributed by atoms with Gasteiger partial charge in [-0.15, -0.1) is 0 Å². The van der Waals surface area contributed by atoms with Crippen LogP contribution in [0, 0.1) is 0 Å². The van der Waals surface area contributed by atoms with Crippen LogP contribution < -0.4 is 5.46 Å². The SMILES string of the molecule is OB(O)c1cccc2[nH]c(Br)nc12. The molecule has 0 unspecified atom stereocenters. The maximum absolute atomic E-state index is 9.02. The number of nitrogens with zero attached hydrogens (tertiary/aromatic N) is 1. The number of benzene rings is 1. The molecule has 0 saturated carbocycles. The van der Waals surface area contributed by atoms with E-state index in [1.165, 1.54) is 0 Å². The second-order valence-electron chi connectivity index (χ2n) is 2.64. The highest BCUT2D eigenvalue weighted by Gasteiger charge is 2.16. The van der Waals surface area contributed by atoms with E-state index in [1.807, 2.05) is 6.07 Å². The Hall–Kier alpha value is -0.845. The van der Waals surface area contributed by atoms with Crippen LogP contribution in [0.15, 0.2) is 22.9 Å². The van der Waals surface area contributed by atoms with E-state index in [2.05, 4.69) is 25.9 Å². The van der Waals surface area contributed by atoms with Gasteiger partial charge in [-0.05, 0) is 22.0 Å². The van der Waals surface area contributed by atoms with Crippen LogP contribution in [0.5, 0.6) is 0 Å². The van der Waals surface area contributed by atoms with Crippen molar-refractivity contribution in [2.45, 2.75) is 0 Å². The maximum Gasteiger partial charge on any atom is 0.490 e. The summed E-state index contributed by atoms with van der Waals surface area (Å²) < 4.78 is 0.579. The number of hydrogen-bond acceptors (Lipinski definition) is 3. The smallest absolute Gasteiger partial charge is 0.423 e. The molecule has 66 valence electrons. The van der Waals surface area contributed by atoms with Crippen LogP contribution in [0.4, 0.5) is 0 Å². The molecule has 0 spiro atoms. The van der Waals surface area contributed by atoms with Crippen molar-refractivity contribution in [3.05, 3.63) is 22.9 Å². The van der Waals surface area contributed by atoms with Crippen LogP contribution >= 0.6 is 15.9 Å². The Kier molecular flexibility index (Phi) is 2.11. The summed E-state index contributed by atoms with van der Waals surface area (Å²) in [5.41, 5.74) is 1.75. The van der Waals surface area contributed by atoms with E-state index in [1.54, 1.807) is 12.1 Å². The number of imidazole rings is 1. The van der Waals surface area contributed by atoms with Crippen molar-refractivity contribution in [2.75, 3.05) is 0 Å². The van der Waals surface area contributed by atoms with Gasteiger partial charge in [-0.3, -0.25) is 0 Å². The fourth-order valence-corrected chi connectivity index (χ4v) is 1.62. The highest BCUT2D eigenvalue weighted by atomic mass is 79.9. The molecule has 0 aliphatic rings. The van der Waals surface area contributed by atoms with Gasteiger partial charge < -0.3 is 15.0 Å². The van der Waals surface area contributed by atoms with Gasteiger partial charge in [-0.25, -0.2) is 4.98 Å². The van der Waals surface area contributed by atoms with Gasteiger partial charge in [0.2, 0.25) is 0 Å². The Balaban J connectivity index is 2.75. The van der Waals surface area contributed by atoms with E-state index < -0.39 is 7.12 Å². The van der Waals surface area contributed by atoms with Gasteiger partial charge in [0.25, 0.3) is 0 Å². The highest BCUT2D eigenvalue weighted by molar-refractivity contribution is 9.10. The van der Waals surface area contributed by atoms with Gasteiger partial charge in [-0.1, -0.05) is 12.1 Å². The molecule has 0 atom stereocenters. The predicted molar refractivity (Wildman–Crippen MR) is 53.6 cm³/mol. The van der Waals surface area contributed by atoms with E-state index in [0.717, 1.165) is 5.52 Å². The minimum Gasteiger partial charge on any atom is -0.423 e. The Bertz CT molecular complexity index is 443. The van der Waals surface area contributed by atoms with Crippen LogP contribution in [0.2, 0.25) is 0 Å². The molecule has 2 aromatic rings. The van der Waals surface area contributed by atoms with Crippen molar-refractivity contribution in [3.63, 3.8) is 0 Å². The Morgan fingerprint density at radius 2 is 2.15 bits per heavy atom. The van der Waals surface area contributed by atoms with Crippen molar-refractivity contribution >= 4 is 39.5 Å². The normalized spacial score (nSPS) is 10.7. The quantitative estimate of drug-likeness (QED) is 0.615. The Labute approximate surface area is 82.9 Å². The Morgan fingerprint density at radius 3 is 2.85 bits per heavy atom. The topological polar surface area (TPSA) is 69.1 Å². The molecule has 0 amide bonds. The van der Waals surface area contributed by atoms with Crippen LogP contribution in [0.3, 0.4) is 0 Å². The summed E-state index contributed by atoms with van der Waals surface area (Å²) >= 11 is 3.18. The van der Waals surface area contributed by atoms with E-state index in [4.69, 9.17) is 10.0 Å². The van der Waals surface area contributed by atoms with Gasteiger partial charge in [-0.2, -0.15) is 0 Å². The molecular formula is C7H6BBrN2O2. The van der Waals surface area contributed by atoms with E-state index in [0.29, 0.717) is 15.7 Å². The lowest BCUT2D eigenvalue weighted by Crippen LogP contribution is -2.30. The number of nitrogens with one attached hydrogen (secondary N) is 1. The van der Waals surface area contributed by atoms with Gasteiger partial charge in [0, 0.05) is 5.46 Å². The molecule has 1 aromatic carbocycles. The molecule has 0 saturated heterocycles. The van der Waals surface area contributed by atoms with Gasteiger partial charge >= 0.3 is 7.12 Å². The van der Waals surface area contributed by atoms with Crippen molar-refractivity contribution in [3.8, 4) is 0 Å². The van der Waals surface area contributed by atoms with Crippen molar-refractivity contribution in [1.29, 1.82) is 0 Å². The molecule has 0 fully saturated rings. The number of H-pyrrole nitrogens is 1. The van der Waals surface area contributed by atoms with Crippen molar-refractivity contribution in [2.24, 2.45) is 0 Å².